The minimum atomic E-state index is -4.53. The third-order valence-electron chi connectivity index (χ3n) is 5.32. The number of phenolic OH excluding ortho intramolecular Hbond substituents is 1. The molecule has 0 unspecified atom stereocenters. The molecule has 0 aliphatic carbocycles. The van der Waals surface area contributed by atoms with Crippen molar-refractivity contribution in [2.75, 3.05) is 31.2 Å². The quantitative estimate of drug-likeness (QED) is 0.832. The molecule has 2 aliphatic heterocycles. The van der Waals surface area contributed by atoms with Gasteiger partial charge in [-0.15, -0.1) is 10.2 Å². The van der Waals surface area contributed by atoms with Gasteiger partial charge in [0.05, 0.1) is 30.6 Å². The monoisotopic (exact) mass is 395 g/mol. The van der Waals surface area contributed by atoms with E-state index in [1.54, 1.807) is 6.07 Å². The first-order chi connectivity index (χ1) is 13.2. The summed E-state index contributed by atoms with van der Waals surface area (Å²) in [4.78, 5) is 2.04. The highest BCUT2D eigenvalue weighted by Gasteiger charge is 2.33. The van der Waals surface area contributed by atoms with Crippen molar-refractivity contribution in [1.82, 2.24) is 10.2 Å². The fourth-order valence-corrected chi connectivity index (χ4v) is 3.85. The van der Waals surface area contributed by atoms with E-state index in [2.05, 4.69) is 10.2 Å². The molecule has 9 heteroatoms. The van der Waals surface area contributed by atoms with Gasteiger partial charge in [-0.2, -0.15) is 13.2 Å². The molecule has 28 heavy (non-hydrogen) atoms. The number of alkyl halides is 3. The van der Waals surface area contributed by atoms with Gasteiger partial charge in [0.1, 0.15) is 5.75 Å². The number of rotatable bonds is 3. The Morgan fingerprint density at radius 1 is 1.21 bits per heavy atom. The highest BCUT2D eigenvalue weighted by molar-refractivity contribution is 5.73. The van der Waals surface area contributed by atoms with E-state index >= 15 is 0 Å². The van der Waals surface area contributed by atoms with E-state index in [4.69, 9.17) is 4.74 Å². The van der Waals surface area contributed by atoms with Crippen molar-refractivity contribution in [1.29, 1.82) is 0 Å². The van der Waals surface area contributed by atoms with Gasteiger partial charge >= 0.3 is 6.18 Å². The van der Waals surface area contributed by atoms with Gasteiger partial charge in [-0.05, 0) is 37.1 Å². The second kappa shape index (κ2) is 6.89. The molecule has 2 atom stereocenters. The molecule has 2 aromatic rings. The van der Waals surface area contributed by atoms with Crippen LogP contribution in [0.15, 0.2) is 18.2 Å². The van der Waals surface area contributed by atoms with E-state index < -0.39 is 23.6 Å². The molecule has 1 aromatic carbocycles. The van der Waals surface area contributed by atoms with Crippen molar-refractivity contribution < 1.29 is 28.1 Å². The normalized spacial score (nSPS) is 22.0. The van der Waals surface area contributed by atoms with Crippen LogP contribution in [0.4, 0.5) is 19.0 Å². The maximum absolute atomic E-state index is 12.9. The summed E-state index contributed by atoms with van der Waals surface area (Å²) in [5, 5.41) is 28.5. The zero-order valence-corrected chi connectivity index (χ0v) is 15.2. The molecule has 2 N–H and O–H groups in total. The lowest BCUT2D eigenvalue weighted by atomic mass is 9.99. The second-order valence-corrected chi connectivity index (χ2v) is 7.32. The van der Waals surface area contributed by atoms with Gasteiger partial charge in [-0.25, -0.2) is 0 Å². The molecule has 0 amide bonds. The lowest BCUT2D eigenvalue weighted by Crippen LogP contribution is -2.34. The zero-order chi connectivity index (χ0) is 20.1. The third-order valence-corrected chi connectivity index (χ3v) is 5.32. The number of aromatic nitrogens is 2. The summed E-state index contributed by atoms with van der Waals surface area (Å²) in [5.74, 6) is 0.239. The Kier molecular flexibility index (Phi) is 4.67. The van der Waals surface area contributed by atoms with E-state index in [1.165, 1.54) is 6.92 Å². The van der Waals surface area contributed by atoms with Crippen LogP contribution in [0.25, 0.3) is 11.3 Å². The van der Waals surface area contributed by atoms with Gasteiger partial charge in [0.15, 0.2) is 5.82 Å². The van der Waals surface area contributed by atoms with Gasteiger partial charge in [0.25, 0.3) is 0 Å². The SMILES string of the molecule is Cc1cc(C(F)(F)F)cc(O)c1-c1cc2c(nn1)N(C[C@@H]1COC[C@@H]1O)CC2. The fourth-order valence-electron chi connectivity index (χ4n) is 3.85. The Bertz CT molecular complexity index is 881. The number of ether oxygens (including phenoxy) is 1. The summed E-state index contributed by atoms with van der Waals surface area (Å²) in [6.07, 6.45) is -4.32. The average Bonchev–Trinajstić information content (AvgIpc) is 3.20. The lowest BCUT2D eigenvalue weighted by Gasteiger charge is -2.23. The van der Waals surface area contributed by atoms with E-state index in [1.807, 2.05) is 4.90 Å². The minimum Gasteiger partial charge on any atom is -0.507 e. The van der Waals surface area contributed by atoms with Gasteiger partial charge in [-0.1, -0.05) is 0 Å². The number of fused-ring (bicyclic) bond motifs is 1. The molecular formula is C19H20F3N3O3. The Balaban J connectivity index is 1.62. The van der Waals surface area contributed by atoms with Crippen LogP contribution in [0, 0.1) is 12.8 Å². The summed E-state index contributed by atoms with van der Waals surface area (Å²) in [6.45, 7) is 3.66. The molecule has 0 spiro atoms. The van der Waals surface area contributed by atoms with Crippen LogP contribution < -0.4 is 4.90 Å². The standard InChI is InChI=1S/C19H20F3N3O3/c1-10-4-13(19(20,21)22)6-15(26)17(10)14-5-11-2-3-25(18(11)24-23-14)7-12-8-28-9-16(12)27/h4-6,12,16,26-27H,2-3,7-9H2,1H3/t12-,16+/m1/s1. The number of aromatic hydroxyl groups is 1. The van der Waals surface area contributed by atoms with E-state index in [9.17, 15) is 23.4 Å². The number of anilines is 1. The summed E-state index contributed by atoms with van der Waals surface area (Å²) >= 11 is 0. The largest absolute Gasteiger partial charge is 0.507 e. The molecule has 0 bridgehead atoms. The van der Waals surface area contributed by atoms with Crippen LogP contribution in [0.1, 0.15) is 16.7 Å². The van der Waals surface area contributed by atoms with Crippen LogP contribution >= 0.6 is 0 Å². The fraction of sp³-hybridized carbons (Fsp3) is 0.474. The van der Waals surface area contributed by atoms with E-state index in [0.29, 0.717) is 50.3 Å². The number of aliphatic hydroxyl groups is 1. The predicted molar refractivity (Wildman–Crippen MR) is 95.1 cm³/mol. The van der Waals surface area contributed by atoms with Crippen LogP contribution in [0.3, 0.4) is 0 Å². The van der Waals surface area contributed by atoms with Crippen LogP contribution in [0.2, 0.25) is 0 Å². The number of aliphatic hydroxyl groups excluding tert-OH is 1. The van der Waals surface area contributed by atoms with E-state index in [-0.39, 0.29) is 17.0 Å². The number of hydrogen-bond donors (Lipinski definition) is 2. The van der Waals surface area contributed by atoms with Crippen LogP contribution in [-0.4, -0.2) is 52.8 Å². The molecule has 1 fully saturated rings. The number of benzene rings is 1. The molecule has 150 valence electrons. The zero-order valence-electron chi connectivity index (χ0n) is 15.2. The number of phenols is 1. The number of halogens is 3. The maximum atomic E-state index is 12.9. The highest BCUT2D eigenvalue weighted by atomic mass is 19.4. The van der Waals surface area contributed by atoms with Crippen molar-refractivity contribution in [2.24, 2.45) is 5.92 Å². The topological polar surface area (TPSA) is 78.7 Å². The first kappa shape index (κ1) is 18.9. The van der Waals surface area contributed by atoms with Gasteiger partial charge in [0.2, 0.25) is 0 Å². The molecule has 2 aliphatic rings. The van der Waals surface area contributed by atoms with Crippen LogP contribution in [-0.2, 0) is 17.3 Å². The van der Waals surface area contributed by atoms with Crippen molar-refractivity contribution in [2.45, 2.75) is 25.6 Å². The van der Waals surface area contributed by atoms with Gasteiger partial charge < -0.3 is 19.8 Å². The molecule has 0 saturated carbocycles. The molecule has 0 radical (unpaired) electrons. The van der Waals surface area contributed by atoms with Crippen molar-refractivity contribution in [3.8, 4) is 17.0 Å². The molecule has 1 aromatic heterocycles. The molecule has 6 nitrogen and oxygen atoms in total. The second-order valence-electron chi connectivity index (χ2n) is 7.32. The number of nitrogens with zero attached hydrogens (tertiary/aromatic N) is 3. The summed E-state index contributed by atoms with van der Waals surface area (Å²) in [5.41, 5.74) is 0.888. The Labute approximate surface area is 159 Å². The average molecular weight is 395 g/mol. The first-order valence-corrected chi connectivity index (χ1v) is 9.02. The summed E-state index contributed by atoms with van der Waals surface area (Å²) in [7, 11) is 0. The molecule has 4 rings (SSSR count). The van der Waals surface area contributed by atoms with Gasteiger partial charge in [-0.3, -0.25) is 0 Å². The van der Waals surface area contributed by atoms with Crippen molar-refractivity contribution >= 4 is 5.82 Å². The highest BCUT2D eigenvalue weighted by Crippen LogP contribution is 2.39. The Morgan fingerprint density at radius 2 is 2.00 bits per heavy atom. The Morgan fingerprint density at radius 3 is 2.64 bits per heavy atom. The van der Waals surface area contributed by atoms with Crippen molar-refractivity contribution in [3.63, 3.8) is 0 Å². The first-order valence-electron chi connectivity index (χ1n) is 9.02. The molecule has 1 saturated heterocycles. The molecule has 3 heterocycles. The maximum Gasteiger partial charge on any atom is 0.416 e. The van der Waals surface area contributed by atoms with Gasteiger partial charge in [0, 0.05) is 30.1 Å². The number of hydrogen-bond acceptors (Lipinski definition) is 6. The number of aryl methyl sites for hydroxylation is 1. The van der Waals surface area contributed by atoms with E-state index in [0.717, 1.165) is 11.6 Å². The Hall–Kier alpha value is -2.39. The lowest BCUT2D eigenvalue weighted by molar-refractivity contribution is -0.137. The summed E-state index contributed by atoms with van der Waals surface area (Å²) in [6, 6.07) is 3.47. The van der Waals surface area contributed by atoms with Crippen LogP contribution in [0.5, 0.6) is 5.75 Å². The smallest absolute Gasteiger partial charge is 0.416 e. The molecular weight excluding hydrogens is 375 g/mol. The summed E-state index contributed by atoms with van der Waals surface area (Å²) < 4.78 is 44.1. The third kappa shape index (κ3) is 3.40. The van der Waals surface area contributed by atoms with Crippen molar-refractivity contribution in [3.05, 3.63) is 34.9 Å². The minimum absolute atomic E-state index is 0.00799. The predicted octanol–water partition coefficient (Wildman–Crippen LogP) is 2.55.